The van der Waals surface area contributed by atoms with E-state index in [0.717, 1.165) is 6.26 Å². The Morgan fingerprint density at radius 3 is 2.64 bits per heavy atom. The Bertz CT molecular complexity index is 630. The number of ether oxygens (including phenoxy) is 1. The Kier molecular flexibility index (Phi) is 4.73. The average Bonchev–Trinajstić information content (AvgIpc) is 2.55. The van der Waals surface area contributed by atoms with Gasteiger partial charge in [-0.1, -0.05) is 61.2 Å². The van der Waals surface area contributed by atoms with Crippen LogP contribution in [0.2, 0.25) is 0 Å². The number of Topliss-reactive ketones (excluding diaryl/α,β-unsaturated/α-hetero) is 1. The molecule has 2 rings (SSSR count). The SMILES string of the molecule is C=COC(=O)C1(C)C=CC=CC1C(=O)C(O)c1ccccc1. The molecule has 0 aromatic heterocycles. The Morgan fingerprint density at radius 1 is 1.32 bits per heavy atom. The first-order chi connectivity index (χ1) is 10.5. The summed E-state index contributed by atoms with van der Waals surface area (Å²) in [5, 5.41) is 10.3. The van der Waals surface area contributed by atoms with Crippen molar-refractivity contribution in [1.29, 1.82) is 0 Å². The quantitative estimate of drug-likeness (QED) is 0.670. The molecule has 114 valence electrons. The van der Waals surface area contributed by atoms with E-state index in [0.29, 0.717) is 5.56 Å². The number of allylic oxidation sites excluding steroid dienone is 3. The molecule has 0 radical (unpaired) electrons. The number of carbonyl (C=O) groups is 2. The summed E-state index contributed by atoms with van der Waals surface area (Å²) in [6.45, 7) is 4.97. The van der Waals surface area contributed by atoms with Crippen LogP contribution >= 0.6 is 0 Å². The molecule has 4 heteroatoms. The van der Waals surface area contributed by atoms with Crippen molar-refractivity contribution in [2.24, 2.45) is 11.3 Å². The van der Waals surface area contributed by atoms with Gasteiger partial charge in [-0.2, -0.15) is 0 Å². The average molecular weight is 298 g/mol. The molecule has 3 unspecified atom stereocenters. The monoisotopic (exact) mass is 298 g/mol. The molecule has 0 amide bonds. The van der Waals surface area contributed by atoms with Gasteiger partial charge in [0, 0.05) is 0 Å². The minimum atomic E-state index is -1.29. The summed E-state index contributed by atoms with van der Waals surface area (Å²) in [6, 6.07) is 8.63. The summed E-state index contributed by atoms with van der Waals surface area (Å²) in [4.78, 5) is 24.8. The van der Waals surface area contributed by atoms with E-state index in [-0.39, 0.29) is 0 Å². The summed E-state index contributed by atoms with van der Waals surface area (Å²) >= 11 is 0. The zero-order valence-electron chi connectivity index (χ0n) is 12.3. The zero-order valence-corrected chi connectivity index (χ0v) is 12.3. The standard InChI is InChI=1S/C18H18O4/c1-3-22-17(21)18(2)12-8-7-11-14(18)16(20)15(19)13-9-5-4-6-10-13/h3-12,14-15,19H,1H2,2H3. The normalized spacial score (nSPS) is 24.5. The highest BCUT2D eigenvalue weighted by molar-refractivity contribution is 5.95. The largest absolute Gasteiger partial charge is 0.434 e. The minimum absolute atomic E-state index is 0.449. The van der Waals surface area contributed by atoms with E-state index < -0.39 is 29.2 Å². The van der Waals surface area contributed by atoms with Gasteiger partial charge in [0.15, 0.2) is 5.78 Å². The van der Waals surface area contributed by atoms with E-state index in [1.807, 2.05) is 0 Å². The molecule has 4 nitrogen and oxygen atoms in total. The Hall–Kier alpha value is -2.46. The molecule has 1 aliphatic carbocycles. The second kappa shape index (κ2) is 6.54. The van der Waals surface area contributed by atoms with Gasteiger partial charge in [0.05, 0.1) is 17.6 Å². The van der Waals surface area contributed by atoms with Crippen molar-refractivity contribution in [3.8, 4) is 0 Å². The Balaban J connectivity index is 2.30. The molecule has 3 atom stereocenters. The molecule has 0 fully saturated rings. The van der Waals surface area contributed by atoms with Crippen LogP contribution in [0.25, 0.3) is 0 Å². The van der Waals surface area contributed by atoms with E-state index >= 15 is 0 Å². The maximum Gasteiger partial charge on any atom is 0.321 e. The lowest BCUT2D eigenvalue weighted by molar-refractivity contribution is -0.152. The van der Waals surface area contributed by atoms with Crippen molar-refractivity contribution >= 4 is 11.8 Å². The maximum absolute atomic E-state index is 12.7. The van der Waals surface area contributed by atoms with Crippen LogP contribution in [0.1, 0.15) is 18.6 Å². The maximum atomic E-state index is 12.7. The van der Waals surface area contributed by atoms with Crippen LogP contribution < -0.4 is 0 Å². The first-order valence-electron chi connectivity index (χ1n) is 6.95. The van der Waals surface area contributed by atoms with E-state index in [4.69, 9.17) is 4.74 Å². The van der Waals surface area contributed by atoms with Crippen molar-refractivity contribution in [2.45, 2.75) is 13.0 Å². The van der Waals surface area contributed by atoms with Crippen molar-refractivity contribution in [1.82, 2.24) is 0 Å². The first kappa shape index (κ1) is 15.9. The number of rotatable bonds is 5. The molecule has 1 aliphatic rings. The molecule has 1 N–H and O–H groups in total. The third-order valence-electron chi connectivity index (χ3n) is 3.82. The van der Waals surface area contributed by atoms with Gasteiger partial charge in [0.1, 0.15) is 6.10 Å². The predicted molar refractivity (Wildman–Crippen MR) is 82.6 cm³/mol. The van der Waals surface area contributed by atoms with Gasteiger partial charge < -0.3 is 9.84 Å². The molecular formula is C18H18O4. The van der Waals surface area contributed by atoms with E-state index in [1.165, 1.54) is 0 Å². The molecule has 0 spiro atoms. The van der Waals surface area contributed by atoms with Gasteiger partial charge in [0.25, 0.3) is 0 Å². The lowest BCUT2D eigenvalue weighted by Crippen LogP contribution is -2.41. The molecule has 0 saturated carbocycles. The lowest BCUT2D eigenvalue weighted by atomic mass is 9.71. The summed E-state index contributed by atoms with van der Waals surface area (Å²) in [6.07, 6.45) is 6.33. The van der Waals surface area contributed by atoms with Gasteiger partial charge in [-0.3, -0.25) is 9.59 Å². The summed E-state index contributed by atoms with van der Waals surface area (Å²) in [5.74, 6) is -1.84. The fraction of sp³-hybridized carbons (Fsp3) is 0.222. The fourth-order valence-corrected chi connectivity index (χ4v) is 2.49. The highest BCUT2D eigenvalue weighted by Gasteiger charge is 2.45. The van der Waals surface area contributed by atoms with Crippen molar-refractivity contribution in [3.63, 3.8) is 0 Å². The number of benzene rings is 1. The Morgan fingerprint density at radius 2 is 2.00 bits per heavy atom. The second-order valence-electron chi connectivity index (χ2n) is 5.29. The highest BCUT2D eigenvalue weighted by atomic mass is 16.5. The molecule has 0 bridgehead atoms. The smallest absolute Gasteiger partial charge is 0.321 e. The third kappa shape index (κ3) is 2.92. The van der Waals surface area contributed by atoms with Gasteiger partial charge in [-0.15, -0.1) is 0 Å². The van der Waals surface area contributed by atoms with E-state index in [2.05, 4.69) is 6.58 Å². The lowest BCUT2D eigenvalue weighted by Gasteiger charge is -2.32. The topological polar surface area (TPSA) is 63.6 Å². The Labute approximate surface area is 129 Å². The third-order valence-corrected chi connectivity index (χ3v) is 3.82. The van der Waals surface area contributed by atoms with E-state index in [1.54, 1.807) is 61.6 Å². The molecule has 1 aromatic rings. The van der Waals surface area contributed by atoms with Crippen LogP contribution in [-0.4, -0.2) is 16.9 Å². The number of ketones is 1. The van der Waals surface area contributed by atoms with Gasteiger partial charge in [0.2, 0.25) is 0 Å². The van der Waals surface area contributed by atoms with Gasteiger partial charge >= 0.3 is 5.97 Å². The minimum Gasteiger partial charge on any atom is -0.434 e. The fourth-order valence-electron chi connectivity index (χ4n) is 2.49. The molecule has 0 aliphatic heterocycles. The van der Waals surface area contributed by atoms with Crippen LogP contribution in [0.15, 0.2) is 67.5 Å². The van der Waals surface area contributed by atoms with Crippen molar-refractivity contribution < 1.29 is 19.4 Å². The zero-order chi connectivity index (χ0) is 16.2. The number of hydrogen-bond donors (Lipinski definition) is 1. The first-order valence-corrected chi connectivity index (χ1v) is 6.95. The number of aliphatic hydroxyl groups excluding tert-OH is 1. The van der Waals surface area contributed by atoms with Crippen LogP contribution in [0.3, 0.4) is 0 Å². The van der Waals surface area contributed by atoms with Crippen LogP contribution in [0.5, 0.6) is 0 Å². The number of hydrogen-bond acceptors (Lipinski definition) is 4. The van der Waals surface area contributed by atoms with Crippen LogP contribution in [-0.2, 0) is 14.3 Å². The highest BCUT2D eigenvalue weighted by Crippen LogP contribution is 2.38. The second-order valence-corrected chi connectivity index (χ2v) is 5.29. The van der Waals surface area contributed by atoms with Gasteiger partial charge in [-0.25, -0.2) is 0 Å². The summed E-state index contributed by atoms with van der Waals surface area (Å²) in [5.41, 5.74) is -0.676. The van der Waals surface area contributed by atoms with Crippen molar-refractivity contribution in [2.75, 3.05) is 0 Å². The number of aliphatic hydroxyl groups is 1. The molecule has 1 aromatic carbocycles. The molecule has 0 saturated heterocycles. The van der Waals surface area contributed by atoms with Crippen LogP contribution in [0, 0.1) is 11.3 Å². The van der Waals surface area contributed by atoms with Crippen molar-refractivity contribution in [3.05, 3.63) is 73.0 Å². The number of esters is 1. The van der Waals surface area contributed by atoms with E-state index in [9.17, 15) is 14.7 Å². The summed E-state index contributed by atoms with van der Waals surface area (Å²) in [7, 11) is 0. The number of carbonyl (C=O) groups excluding carboxylic acids is 2. The molecular weight excluding hydrogens is 280 g/mol. The van der Waals surface area contributed by atoms with Crippen LogP contribution in [0.4, 0.5) is 0 Å². The van der Waals surface area contributed by atoms with Gasteiger partial charge in [-0.05, 0) is 12.5 Å². The molecule has 22 heavy (non-hydrogen) atoms. The summed E-state index contributed by atoms with van der Waals surface area (Å²) < 4.78 is 4.86. The predicted octanol–water partition coefficient (Wildman–Crippen LogP) is 2.72. The molecule has 0 heterocycles.